The van der Waals surface area contributed by atoms with Gasteiger partial charge in [0.1, 0.15) is 0 Å². The summed E-state index contributed by atoms with van der Waals surface area (Å²) in [5, 5.41) is 0. The average Bonchev–Trinajstić information content (AvgIpc) is 2.41. The third kappa shape index (κ3) is 6.74. The molecule has 0 spiro atoms. The molecule has 0 aromatic rings. The highest BCUT2D eigenvalue weighted by atomic mass is 14.4. The molecule has 126 valence electrons. The summed E-state index contributed by atoms with van der Waals surface area (Å²) in [5.74, 6) is 3.80. The summed E-state index contributed by atoms with van der Waals surface area (Å²) < 4.78 is 0. The van der Waals surface area contributed by atoms with Gasteiger partial charge in [-0.25, -0.2) is 0 Å². The van der Waals surface area contributed by atoms with E-state index < -0.39 is 0 Å². The molecule has 0 nitrogen and oxygen atoms in total. The number of rotatable bonds is 9. The van der Waals surface area contributed by atoms with Crippen LogP contribution in [-0.4, -0.2) is 0 Å². The Kier molecular flexibility index (Phi) is 8.35. The molecule has 0 heterocycles. The highest BCUT2D eigenvalue weighted by Gasteiger charge is 2.35. The second-order valence-corrected chi connectivity index (χ2v) is 8.94. The van der Waals surface area contributed by atoms with Crippen LogP contribution in [0.3, 0.4) is 0 Å². The first-order valence-electron chi connectivity index (χ1n) is 9.86. The van der Waals surface area contributed by atoms with E-state index in [4.69, 9.17) is 0 Å². The first kappa shape index (κ1) is 19.0. The molecular weight excluding hydrogens is 252 g/mol. The fraction of sp³-hybridized carbons (Fsp3) is 1.00. The van der Waals surface area contributed by atoms with E-state index in [0.717, 1.165) is 23.7 Å². The average molecular weight is 295 g/mol. The molecule has 4 atom stereocenters. The quantitative estimate of drug-likeness (QED) is 0.413. The van der Waals surface area contributed by atoms with Crippen molar-refractivity contribution in [3.8, 4) is 0 Å². The van der Waals surface area contributed by atoms with Crippen LogP contribution in [0.2, 0.25) is 0 Å². The molecule has 1 fully saturated rings. The monoisotopic (exact) mass is 294 g/mol. The SMILES string of the molecule is CCC(C)CCCC(C)CCCC1C(C)CCCC1(C)C. The van der Waals surface area contributed by atoms with Crippen molar-refractivity contribution in [3.05, 3.63) is 0 Å². The van der Waals surface area contributed by atoms with Crippen molar-refractivity contribution in [2.45, 2.75) is 106 Å². The maximum atomic E-state index is 2.52. The number of hydrogen-bond donors (Lipinski definition) is 0. The predicted molar refractivity (Wildman–Crippen MR) is 96.6 cm³/mol. The second-order valence-electron chi connectivity index (χ2n) is 8.94. The second kappa shape index (κ2) is 9.21. The minimum absolute atomic E-state index is 0.595. The summed E-state index contributed by atoms with van der Waals surface area (Å²) in [4.78, 5) is 0. The lowest BCUT2D eigenvalue weighted by Gasteiger charge is -2.43. The van der Waals surface area contributed by atoms with Crippen molar-refractivity contribution >= 4 is 0 Å². The first-order valence-corrected chi connectivity index (χ1v) is 9.86. The Morgan fingerprint density at radius 2 is 1.62 bits per heavy atom. The molecule has 0 amide bonds. The molecule has 0 bridgehead atoms. The predicted octanol–water partition coefficient (Wildman–Crippen LogP) is 7.47. The maximum Gasteiger partial charge on any atom is -0.0323 e. The molecule has 0 heteroatoms. The van der Waals surface area contributed by atoms with Crippen LogP contribution in [0.25, 0.3) is 0 Å². The van der Waals surface area contributed by atoms with E-state index >= 15 is 0 Å². The smallest absolute Gasteiger partial charge is 0.0323 e. The third-order valence-corrected chi connectivity index (χ3v) is 6.47. The Morgan fingerprint density at radius 3 is 2.24 bits per heavy atom. The standard InChI is InChI=1S/C21H42/c1-7-17(2)11-8-12-18(3)13-9-15-20-19(4)14-10-16-21(20,5)6/h17-20H,7-16H2,1-6H3. The van der Waals surface area contributed by atoms with Crippen molar-refractivity contribution in [2.75, 3.05) is 0 Å². The van der Waals surface area contributed by atoms with Gasteiger partial charge in [-0.05, 0) is 41.9 Å². The van der Waals surface area contributed by atoms with Gasteiger partial charge in [-0.2, -0.15) is 0 Å². The summed E-state index contributed by atoms with van der Waals surface area (Å²) in [6.07, 6.45) is 14.5. The van der Waals surface area contributed by atoms with E-state index in [-0.39, 0.29) is 0 Å². The first-order chi connectivity index (χ1) is 9.86. The van der Waals surface area contributed by atoms with E-state index in [2.05, 4.69) is 41.5 Å². The molecule has 0 N–H and O–H groups in total. The Hall–Kier alpha value is 0. The van der Waals surface area contributed by atoms with Crippen LogP contribution in [0.15, 0.2) is 0 Å². The maximum absolute atomic E-state index is 2.52. The lowest BCUT2D eigenvalue weighted by atomic mass is 9.62. The van der Waals surface area contributed by atoms with Crippen molar-refractivity contribution in [3.63, 3.8) is 0 Å². The number of hydrogen-bond acceptors (Lipinski definition) is 0. The molecular formula is C21H42. The van der Waals surface area contributed by atoms with Gasteiger partial charge in [0.05, 0.1) is 0 Å². The van der Waals surface area contributed by atoms with Gasteiger partial charge >= 0.3 is 0 Å². The summed E-state index contributed by atoms with van der Waals surface area (Å²) in [6, 6.07) is 0. The van der Waals surface area contributed by atoms with Gasteiger partial charge in [-0.1, -0.05) is 92.9 Å². The van der Waals surface area contributed by atoms with Gasteiger partial charge < -0.3 is 0 Å². The molecule has 0 radical (unpaired) electrons. The molecule has 0 aromatic carbocycles. The fourth-order valence-corrected chi connectivity index (χ4v) is 4.56. The summed E-state index contributed by atoms with van der Waals surface area (Å²) in [5.41, 5.74) is 0.595. The lowest BCUT2D eigenvalue weighted by molar-refractivity contribution is 0.0731. The van der Waals surface area contributed by atoms with Crippen molar-refractivity contribution < 1.29 is 0 Å². The molecule has 1 aliphatic rings. The van der Waals surface area contributed by atoms with Crippen LogP contribution < -0.4 is 0 Å². The topological polar surface area (TPSA) is 0 Å². The van der Waals surface area contributed by atoms with E-state index in [0.29, 0.717) is 5.41 Å². The zero-order valence-electron chi connectivity index (χ0n) is 15.9. The van der Waals surface area contributed by atoms with Gasteiger partial charge in [0, 0.05) is 0 Å². The highest BCUT2D eigenvalue weighted by Crippen LogP contribution is 2.46. The van der Waals surface area contributed by atoms with Gasteiger partial charge in [0.15, 0.2) is 0 Å². The van der Waals surface area contributed by atoms with Gasteiger partial charge in [0.2, 0.25) is 0 Å². The van der Waals surface area contributed by atoms with Crippen LogP contribution >= 0.6 is 0 Å². The third-order valence-electron chi connectivity index (χ3n) is 6.47. The molecule has 0 aromatic heterocycles. The summed E-state index contributed by atoms with van der Waals surface area (Å²) in [6.45, 7) is 14.7. The summed E-state index contributed by atoms with van der Waals surface area (Å²) in [7, 11) is 0. The van der Waals surface area contributed by atoms with Crippen molar-refractivity contribution in [1.29, 1.82) is 0 Å². The Balaban J connectivity index is 2.19. The Bertz CT molecular complexity index is 265. The fourth-order valence-electron chi connectivity index (χ4n) is 4.56. The molecule has 4 unspecified atom stereocenters. The van der Waals surface area contributed by atoms with Crippen LogP contribution in [0.4, 0.5) is 0 Å². The van der Waals surface area contributed by atoms with Crippen molar-refractivity contribution in [1.82, 2.24) is 0 Å². The van der Waals surface area contributed by atoms with Gasteiger partial charge in [0.25, 0.3) is 0 Å². The zero-order valence-corrected chi connectivity index (χ0v) is 15.9. The minimum Gasteiger partial charge on any atom is -0.0651 e. The lowest BCUT2D eigenvalue weighted by Crippen LogP contribution is -2.33. The highest BCUT2D eigenvalue weighted by molar-refractivity contribution is 4.86. The molecule has 1 rings (SSSR count). The van der Waals surface area contributed by atoms with Crippen LogP contribution in [0.5, 0.6) is 0 Å². The zero-order chi connectivity index (χ0) is 15.9. The Morgan fingerprint density at radius 1 is 1.00 bits per heavy atom. The summed E-state index contributed by atoms with van der Waals surface area (Å²) >= 11 is 0. The molecule has 21 heavy (non-hydrogen) atoms. The van der Waals surface area contributed by atoms with E-state index in [1.54, 1.807) is 0 Å². The van der Waals surface area contributed by atoms with E-state index in [1.165, 1.54) is 64.2 Å². The Labute approximate surface area is 135 Å². The van der Waals surface area contributed by atoms with Crippen molar-refractivity contribution in [2.24, 2.45) is 29.1 Å². The molecule has 1 aliphatic carbocycles. The minimum atomic E-state index is 0.595. The molecule has 0 saturated heterocycles. The van der Waals surface area contributed by atoms with E-state index in [9.17, 15) is 0 Å². The van der Waals surface area contributed by atoms with Gasteiger partial charge in [-0.15, -0.1) is 0 Å². The molecule has 0 aliphatic heterocycles. The van der Waals surface area contributed by atoms with Crippen LogP contribution in [0.1, 0.15) is 106 Å². The normalized spacial score (nSPS) is 28.3. The van der Waals surface area contributed by atoms with Crippen LogP contribution in [0, 0.1) is 29.1 Å². The molecule has 1 saturated carbocycles. The van der Waals surface area contributed by atoms with Crippen LogP contribution in [-0.2, 0) is 0 Å². The van der Waals surface area contributed by atoms with E-state index in [1.807, 2.05) is 0 Å². The van der Waals surface area contributed by atoms with Gasteiger partial charge in [-0.3, -0.25) is 0 Å². The largest absolute Gasteiger partial charge is 0.0651 e.